The lowest BCUT2D eigenvalue weighted by atomic mass is 10.2. The Hall–Kier alpha value is -2.28. The maximum Gasteiger partial charge on any atom is 0.229 e. The van der Waals surface area contributed by atoms with Crippen LogP contribution in [0.5, 0.6) is 0 Å². The molecule has 0 unspecified atom stereocenters. The maximum atomic E-state index is 11.2. The van der Waals surface area contributed by atoms with Gasteiger partial charge in [0.1, 0.15) is 0 Å². The average Bonchev–Trinajstić information content (AvgIpc) is 2.55. The molecule has 23 heavy (non-hydrogen) atoms. The number of sulfonamides is 1. The molecule has 1 saturated heterocycles. The molecule has 1 fully saturated rings. The molecule has 0 spiro atoms. The monoisotopic (exact) mass is 332 g/mol. The van der Waals surface area contributed by atoms with Crippen molar-refractivity contribution in [2.24, 2.45) is 0 Å². The van der Waals surface area contributed by atoms with Crippen LogP contribution < -0.4 is 14.5 Å². The van der Waals surface area contributed by atoms with Crippen molar-refractivity contribution in [2.45, 2.75) is 0 Å². The lowest BCUT2D eigenvalue weighted by molar-refractivity contribution is 0.607. The fraction of sp³-hybridized carbons (Fsp3) is 0.312. The zero-order valence-electron chi connectivity index (χ0n) is 13.0. The Labute approximate surface area is 136 Å². The minimum atomic E-state index is -3.23. The van der Waals surface area contributed by atoms with Crippen molar-refractivity contribution >= 4 is 27.1 Å². The molecule has 0 amide bonds. The Morgan fingerprint density at radius 2 is 1.57 bits per heavy atom. The number of anilines is 3. The van der Waals surface area contributed by atoms with Crippen LogP contribution in [0.1, 0.15) is 0 Å². The molecule has 0 bridgehead atoms. The maximum absolute atomic E-state index is 11.2. The van der Waals surface area contributed by atoms with Crippen molar-refractivity contribution < 1.29 is 8.42 Å². The molecule has 3 rings (SSSR count). The summed E-state index contributed by atoms with van der Waals surface area (Å²) >= 11 is 0. The summed E-state index contributed by atoms with van der Waals surface area (Å²) in [5, 5.41) is 0. The van der Waals surface area contributed by atoms with Gasteiger partial charge in [-0.1, -0.05) is 0 Å². The number of nitrogens with one attached hydrogen (secondary N) is 1. The van der Waals surface area contributed by atoms with Crippen molar-refractivity contribution in [1.82, 2.24) is 4.98 Å². The number of piperazine rings is 1. The van der Waals surface area contributed by atoms with E-state index >= 15 is 0 Å². The minimum Gasteiger partial charge on any atom is -0.368 e. The third-order valence-electron chi connectivity index (χ3n) is 3.83. The molecule has 122 valence electrons. The Kier molecular flexibility index (Phi) is 4.38. The predicted molar refractivity (Wildman–Crippen MR) is 93.6 cm³/mol. The number of rotatable bonds is 4. The number of hydrogen-bond donors (Lipinski definition) is 1. The van der Waals surface area contributed by atoms with E-state index in [9.17, 15) is 8.42 Å². The van der Waals surface area contributed by atoms with Gasteiger partial charge in [0.15, 0.2) is 0 Å². The van der Waals surface area contributed by atoms with Crippen molar-refractivity contribution in [3.63, 3.8) is 0 Å². The van der Waals surface area contributed by atoms with E-state index in [1.165, 1.54) is 0 Å². The van der Waals surface area contributed by atoms with Crippen LogP contribution in [-0.2, 0) is 10.0 Å². The van der Waals surface area contributed by atoms with Gasteiger partial charge in [-0.15, -0.1) is 0 Å². The number of nitrogens with zero attached hydrogens (tertiary/aromatic N) is 3. The largest absolute Gasteiger partial charge is 0.368 e. The minimum absolute atomic E-state index is 0.588. The molecule has 7 heteroatoms. The van der Waals surface area contributed by atoms with E-state index in [2.05, 4.69) is 25.6 Å². The number of aromatic nitrogens is 1. The molecule has 1 aliphatic heterocycles. The molecule has 1 N–H and O–H groups in total. The summed E-state index contributed by atoms with van der Waals surface area (Å²) in [5.74, 6) is 0. The van der Waals surface area contributed by atoms with Gasteiger partial charge in [0.25, 0.3) is 0 Å². The summed E-state index contributed by atoms with van der Waals surface area (Å²) in [6.07, 6.45) is 4.83. The first-order chi connectivity index (χ1) is 11.0. The highest BCUT2D eigenvalue weighted by Crippen LogP contribution is 2.22. The van der Waals surface area contributed by atoms with Gasteiger partial charge < -0.3 is 9.80 Å². The van der Waals surface area contributed by atoms with Crippen LogP contribution in [0.4, 0.5) is 17.1 Å². The van der Waals surface area contributed by atoms with E-state index in [0.29, 0.717) is 5.69 Å². The molecule has 0 aliphatic carbocycles. The second-order valence-electron chi connectivity index (χ2n) is 5.61. The van der Waals surface area contributed by atoms with Crippen molar-refractivity contribution in [1.29, 1.82) is 0 Å². The zero-order valence-corrected chi connectivity index (χ0v) is 13.8. The molecule has 6 nitrogen and oxygen atoms in total. The number of pyridine rings is 1. The molecular weight excluding hydrogens is 312 g/mol. The third kappa shape index (κ3) is 4.13. The summed E-state index contributed by atoms with van der Waals surface area (Å²) < 4.78 is 24.9. The van der Waals surface area contributed by atoms with Gasteiger partial charge in [0, 0.05) is 43.8 Å². The molecule has 0 saturated carbocycles. The normalized spacial score (nSPS) is 15.5. The molecule has 2 aromatic rings. The Balaban J connectivity index is 1.61. The smallest absolute Gasteiger partial charge is 0.229 e. The Morgan fingerprint density at radius 3 is 2.09 bits per heavy atom. The zero-order chi connectivity index (χ0) is 16.3. The molecule has 1 aromatic heterocycles. The summed E-state index contributed by atoms with van der Waals surface area (Å²) in [7, 11) is -3.23. The van der Waals surface area contributed by atoms with E-state index in [1.807, 2.05) is 24.4 Å². The van der Waals surface area contributed by atoms with Crippen LogP contribution in [0, 0.1) is 0 Å². The molecule has 1 aromatic carbocycles. The second-order valence-corrected chi connectivity index (χ2v) is 7.35. The topological polar surface area (TPSA) is 65.5 Å². The SMILES string of the molecule is CS(=O)(=O)Nc1ccc(N2CCN(c3cccnc3)CC2)cc1. The fourth-order valence-corrected chi connectivity index (χ4v) is 3.28. The van der Waals surface area contributed by atoms with Gasteiger partial charge >= 0.3 is 0 Å². The first-order valence-electron chi connectivity index (χ1n) is 7.49. The molecule has 2 heterocycles. The Morgan fingerprint density at radius 1 is 0.957 bits per heavy atom. The van der Waals surface area contributed by atoms with E-state index in [-0.39, 0.29) is 0 Å². The highest BCUT2D eigenvalue weighted by atomic mass is 32.2. The summed E-state index contributed by atoms with van der Waals surface area (Å²) in [4.78, 5) is 8.79. The van der Waals surface area contributed by atoms with Crippen molar-refractivity contribution in [3.8, 4) is 0 Å². The van der Waals surface area contributed by atoms with Gasteiger partial charge in [-0.2, -0.15) is 0 Å². The van der Waals surface area contributed by atoms with Crippen LogP contribution in [0.2, 0.25) is 0 Å². The molecular formula is C16H20N4O2S. The lowest BCUT2D eigenvalue weighted by Crippen LogP contribution is -2.46. The first-order valence-corrected chi connectivity index (χ1v) is 9.38. The first kappa shape index (κ1) is 15.6. The average molecular weight is 332 g/mol. The van der Waals surface area contributed by atoms with Gasteiger partial charge in [-0.3, -0.25) is 9.71 Å². The highest BCUT2D eigenvalue weighted by molar-refractivity contribution is 7.92. The van der Waals surface area contributed by atoms with Gasteiger partial charge in [0.05, 0.1) is 18.1 Å². The van der Waals surface area contributed by atoms with E-state index < -0.39 is 10.0 Å². The standard InChI is InChI=1S/C16H20N4O2S/c1-23(21,22)18-14-4-6-15(7-5-14)19-9-11-20(12-10-19)16-3-2-8-17-13-16/h2-8,13,18H,9-12H2,1H3. The summed E-state index contributed by atoms with van der Waals surface area (Å²) in [5.41, 5.74) is 2.85. The molecule has 0 atom stereocenters. The van der Waals surface area contributed by atoms with Crippen molar-refractivity contribution in [3.05, 3.63) is 48.8 Å². The molecule has 1 aliphatic rings. The summed E-state index contributed by atoms with van der Waals surface area (Å²) in [6.45, 7) is 3.73. The van der Waals surface area contributed by atoms with Crippen LogP contribution in [0.3, 0.4) is 0 Å². The highest BCUT2D eigenvalue weighted by Gasteiger charge is 2.17. The van der Waals surface area contributed by atoms with Crippen LogP contribution in [-0.4, -0.2) is 45.8 Å². The summed E-state index contributed by atoms with van der Waals surface area (Å²) in [6, 6.07) is 11.5. The van der Waals surface area contributed by atoms with E-state index in [4.69, 9.17) is 0 Å². The van der Waals surface area contributed by atoms with Crippen LogP contribution in [0.15, 0.2) is 48.8 Å². The molecule has 0 radical (unpaired) electrons. The van der Waals surface area contributed by atoms with E-state index in [1.54, 1.807) is 18.3 Å². The van der Waals surface area contributed by atoms with E-state index in [0.717, 1.165) is 43.8 Å². The van der Waals surface area contributed by atoms with Gasteiger partial charge in [0.2, 0.25) is 10.0 Å². The second kappa shape index (κ2) is 6.45. The van der Waals surface area contributed by atoms with Crippen LogP contribution in [0.25, 0.3) is 0 Å². The Bertz CT molecular complexity index is 739. The fourth-order valence-electron chi connectivity index (χ4n) is 2.72. The van der Waals surface area contributed by atoms with Gasteiger partial charge in [-0.25, -0.2) is 8.42 Å². The quantitative estimate of drug-likeness (QED) is 0.924. The van der Waals surface area contributed by atoms with Gasteiger partial charge in [-0.05, 0) is 36.4 Å². The van der Waals surface area contributed by atoms with Crippen LogP contribution >= 0.6 is 0 Å². The number of hydrogen-bond acceptors (Lipinski definition) is 5. The van der Waals surface area contributed by atoms with Crippen molar-refractivity contribution in [2.75, 3.05) is 47.0 Å². The number of benzene rings is 1. The lowest BCUT2D eigenvalue weighted by Gasteiger charge is -2.37. The third-order valence-corrected chi connectivity index (χ3v) is 4.43. The predicted octanol–water partition coefficient (Wildman–Crippen LogP) is 1.78.